The van der Waals surface area contributed by atoms with Crippen LogP contribution in [-0.2, 0) is 12.8 Å². The molecule has 6 nitrogen and oxygen atoms in total. The predicted molar refractivity (Wildman–Crippen MR) is 109 cm³/mol. The Bertz CT molecular complexity index is 926. The summed E-state index contributed by atoms with van der Waals surface area (Å²) in [6.07, 6.45) is 7.73. The lowest BCUT2D eigenvalue weighted by Gasteiger charge is -2.19. The van der Waals surface area contributed by atoms with Gasteiger partial charge in [0, 0.05) is 12.5 Å². The fourth-order valence-corrected chi connectivity index (χ4v) is 4.40. The number of hydrogen-bond acceptors (Lipinski definition) is 4. The Morgan fingerprint density at radius 3 is 2.79 bits per heavy atom. The number of H-pyrrole nitrogens is 1. The monoisotopic (exact) mass is 419 g/mol. The maximum Gasteiger partial charge on any atom is 0.291 e. The maximum absolute atomic E-state index is 14.1. The zero-order chi connectivity index (χ0) is 20.4. The molecule has 1 saturated carbocycles. The summed E-state index contributed by atoms with van der Waals surface area (Å²) < 4.78 is 27.6. The minimum Gasteiger partial charge on any atom is -0.346 e. The summed E-state index contributed by atoms with van der Waals surface area (Å²) in [6, 6.07) is 1.58. The van der Waals surface area contributed by atoms with Crippen molar-refractivity contribution in [2.75, 3.05) is 5.32 Å². The third kappa shape index (κ3) is 4.60. The van der Waals surface area contributed by atoms with Crippen molar-refractivity contribution in [3.05, 3.63) is 41.0 Å². The SMILES string of the molecule is O=C(N[C@H]1CCc2cc(F)cc(F)c2NC1=S)c1n[nH]c(CC2CCCCC2)n1. The molecule has 3 N–H and O–H groups in total. The molecule has 1 aromatic heterocycles. The number of amides is 1. The Kier molecular flexibility index (Phi) is 5.84. The van der Waals surface area contributed by atoms with Crippen LogP contribution < -0.4 is 10.6 Å². The molecule has 0 radical (unpaired) electrons. The minimum atomic E-state index is -0.698. The van der Waals surface area contributed by atoms with Crippen LogP contribution in [-0.4, -0.2) is 32.1 Å². The van der Waals surface area contributed by atoms with Gasteiger partial charge in [-0.25, -0.2) is 13.8 Å². The van der Waals surface area contributed by atoms with Gasteiger partial charge in [0.2, 0.25) is 5.82 Å². The molecule has 2 heterocycles. The van der Waals surface area contributed by atoms with E-state index in [0.29, 0.717) is 30.1 Å². The molecule has 1 fully saturated rings. The Labute approximate surface area is 172 Å². The van der Waals surface area contributed by atoms with Crippen LogP contribution in [0.3, 0.4) is 0 Å². The second-order valence-corrected chi connectivity index (χ2v) is 8.23. The van der Waals surface area contributed by atoms with Crippen molar-refractivity contribution >= 4 is 28.8 Å². The Hall–Kier alpha value is -2.42. The van der Waals surface area contributed by atoms with Crippen LogP contribution >= 0.6 is 12.2 Å². The van der Waals surface area contributed by atoms with Gasteiger partial charge >= 0.3 is 0 Å². The fraction of sp³-hybridized carbons (Fsp3) is 0.500. The van der Waals surface area contributed by atoms with E-state index < -0.39 is 23.6 Å². The van der Waals surface area contributed by atoms with Crippen LogP contribution in [0.2, 0.25) is 0 Å². The smallest absolute Gasteiger partial charge is 0.291 e. The van der Waals surface area contributed by atoms with Gasteiger partial charge in [0.1, 0.15) is 22.4 Å². The highest BCUT2D eigenvalue weighted by Crippen LogP contribution is 2.27. The Morgan fingerprint density at radius 1 is 1.21 bits per heavy atom. The van der Waals surface area contributed by atoms with Crippen molar-refractivity contribution in [3.8, 4) is 0 Å². The van der Waals surface area contributed by atoms with Gasteiger partial charge in [0.05, 0.1) is 11.7 Å². The lowest BCUT2D eigenvalue weighted by molar-refractivity contribution is 0.0936. The van der Waals surface area contributed by atoms with Crippen molar-refractivity contribution in [3.63, 3.8) is 0 Å². The van der Waals surface area contributed by atoms with Crippen LogP contribution in [0.4, 0.5) is 14.5 Å². The number of aromatic nitrogens is 3. The molecular formula is C20H23F2N5OS. The summed E-state index contributed by atoms with van der Waals surface area (Å²) in [7, 11) is 0. The van der Waals surface area contributed by atoms with Gasteiger partial charge in [-0.05, 0) is 30.4 Å². The van der Waals surface area contributed by atoms with E-state index in [4.69, 9.17) is 12.2 Å². The molecule has 0 spiro atoms. The molecule has 0 saturated heterocycles. The van der Waals surface area contributed by atoms with Gasteiger partial charge < -0.3 is 10.6 Å². The summed E-state index contributed by atoms with van der Waals surface area (Å²) in [5, 5.41) is 12.5. The van der Waals surface area contributed by atoms with Crippen molar-refractivity contribution < 1.29 is 13.6 Å². The average Bonchev–Trinajstić information content (AvgIpc) is 3.10. The first-order chi connectivity index (χ1) is 14.0. The number of benzene rings is 1. The number of hydrogen-bond donors (Lipinski definition) is 3. The average molecular weight is 420 g/mol. The Morgan fingerprint density at radius 2 is 2.00 bits per heavy atom. The highest BCUT2D eigenvalue weighted by atomic mass is 32.1. The van der Waals surface area contributed by atoms with Crippen LogP contribution in [0.1, 0.15) is 60.5 Å². The normalized spacial score (nSPS) is 19.9. The zero-order valence-corrected chi connectivity index (χ0v) is 16.7. The number of halogens is 2. The van der Waals surface area contributed by atoms with Gasteiger partial charge in [-0.1, -0.05) is 44.3 Å². The van der Waals surface area contributed by atoms with E-state index in [9.17, 15) is 13.6 Å². The molecule has 154 valence electrons. The van der Waals surface area contributed by atoms with Gasteiger partial charge in [-0.2, -0.15) is 0 Å². The summed E-state index contributed by atoms with van der Waals surface area (Å²) in [4.78, 5) is 17.2. The number of carbonyl (C=O) groups is 1. The van der Waals surface area contributed by atoms with E-state index in [-0.39, 0.29) is 16.5 Å². The third-order valence-electron chi connectivity index (χ3n) is 5.65. The molecule has 2 aliphatic rings. The quantitative estimate of drug-likeness (QED) is 0.659. The number of nitrogens with one attached hydrogen (secondary N) is 3. The zero-order valence-electron chi connectivity index (χ0n) is 15.9. The molecule has 1 amide bonds. The van der Waals surface area contributed by atoms with E-state index in [0.717, 1.165) is 12.5 Å². The van der Waals surface area contributed by atoms with Crippen LogP contribution in [0.15, 0.2) is 12.1 Å². The van der Waals surface area contributed by atoms with Crippen molar-refractivity contribution in [2.24, 2.45) is 5.92 Å². The first-order valence-electron chi connectivity index (χ1n) is 10.0. The molecule has 9 heteroatoms. The summed E-state index contributed by atoms with van der Waals surface area (Å²) in [5.41, 5.74) is 0.662. The van der Waals surface area contributed by atoms with Gasteiger partial charge in [0.15, 0.2) is 0 Å². The number of fused-ring (bicyclic) bond motifs is 1. The fourth-order valence-electron chi connectivity index (χ4n) is 4.12. The van der Waals surface area contributed by atoms with E-state index in [2.05, 4.69) is 25.8 Å². The van der Waals surface area contributed by atoms with E-state index in [1.807, 2.05) is 0 Å². The molecule has 2 aromatic rings. The number of nitrogens with zero attached hydrogens (tertiary/aromatic N) is 2. The summed E-state index contributed by atoms with van der Waals surface area (Å²) in [6.45, 7) is 0. The van der Waals surface area contributed by atoms with Crippen molar-refractivity contribution in [1.82, 2.24) is 20.5 Å². The molecule has 1 aliphatic carbocycles. The highest BCUT2D eigenvalue weighted by Gasteiger charge is 2.26. The molecule has 1 aromatic carbocycles. The van der Waals surface area contributed by atoms with Gasteiger partial charge in [-0.15, -0.1) is 5.10 Å². The standard InChI is InChI=1S/C20H23F2N5OS/c21-13-9-12-6-7-15(20(29)25-17(12)14(22)10-13)23-19(28)18-24-16(26-27-18)8-11-4-2-1-3-5-11/h9-11,15H,1-8H2,(H,23,28)(H,25,29)(H,24,26,27)/t15-/m0/s1. The number of carbonyl (C=O) groups excluding carboxylic acids is 1. The van der Waals surface area contributed by atoms with Gasteiger partial charge in [-0.3, -0.25) is 9.89 Å². The van der Waals surface area contributed by atoms with Crippen LogP contribution in [0.5, 0.6) is 0 Å². The van der Waals surface area contributed by atoms with Gasteiger partial charge in [0.25, 0.3) is 5.91 Å². The molecule has 1 aliphatic heterocycles. The summed E-state index contributed by atoms with van der Waals surface area (Å²) >= 11 is 5.33. The van der Waals surface area contributed by atoms with Crippen LogP contribution in [0.25, 0.3) is 0 Å². The van der Waals surface area contributed by atoms with E-state index in [1.54, 1.807) is 0 Å². The molecule has 1 atom stereocenters. The third-order valence-corrected chi connectivity index (χ3v) is 6.04. The summed E-state index contributed by atoms with van der Waals surface area (Å²) in [5.74, 6) is -0.410. The first kappa shape index (κ1) is 19.9. The number of aromatic amines is 1. The van der Waals surface area contributed by atoms with Crippen molar-refractivity contribution in [1.29, 1.82) is 0 Å². The Balaban J connectivity index is 1.40. The largest absolute Gasteiger partial charge is 0.346 e. The van der Waals surface area contributed by atoms with E-state index >= 15 is 0 Å². The second kappa shape index (κ2) is 8.52. The molecule has 4 rings (SSSR count). The number of aryl methyl sites for hydroxylation is 1. The molecule has 29 heavy (non-hydrogen) atoms. The van der Waals surface area contributed by atoms with E-state index in [1.165, 1.54) is 38.2 Å². The van der Waals surface area contributed by atoms with Crippen LogP contribution in [0, 0.1) is 17.6 Å². The predicted octanol–water partition coefficient (Wildman–Crippen LogP) is 3.69. The highest BCUT2D eigenvalue weighted by molar-refractivity contribution is 7.80. The number of thiocarbonyl (C=S) groups is 1. The lowest BCUT2D eigenvalue weighted by atomic mass is 9.87. The van der Waals surface area contributed by atoms with Crippen molar-refractivity contribution in [2.45, 2.75) is 57.4 Å². The second-order valence-electron chi connectivity index (χ2n) is 7.79. The number of anilines is 1. The minimum absolute atomic E-state index is 0.0672. The molecular weight excluding hydrogens is 396 g/mol. The lowest BCUT2D eigenvalue weighted by Crippen LogP contribution is -2.42. The molecule has 0 bridgehead atoms. The topological polar surface area (TPSA) is 82.7 Å². The first-order valence-corrected chi connectivity index (χ1v) is 10.4. The number of rotatable bonds is 4. The maximum atomic E-state index is 14.1. The molecule has 0 unspecified atom stereocenters.